The quantitative estimate of drug-likeness (QED) is 0.680. The fraction of sp³-hybridized carbons (Fsp3) is 0.312. The molecule has 1 N–H and O–H groups in total. The van der Waals surface area contributed by atoms with Gasteiger partial charge in [-0.2, -0.15) is 10.5 Å². The first-order chi connectivity index (χ1) is 9.83. The summed E-state index contributed by atoms with van der Waals surface area (Å²) < 4.78 is 4.70. The third kappa shape index (κ3) is 4.09. The first-order valence-corrected chi connectivity index (χ1v) is 6.33. The lowest BCUT2D eigenvalue weighted by atomic mass is 9.85. The second-order valence-corrected chi connectivity index (χ2v) is 5.43. The Morgan fingerprint density at radius 2 is 1.90 bits per heavy atom. The number of benzene rings is 1. The Bertz CT molecular complexity index is 640. The summed E-state index contributed by atoms with van der Waals surface area (Å²) in [5.41, 5.74) is 1.81. The lowest BCUT2D eigenvalue weighted by Crippen LogP contribution is -2.15. The molecule has 5 heteroatoms. The fourth-order valence-corrected chi connectivity index (χ4v) is 1.80. The molecule has 0 saturated carbocycles. The molecule has 21 heavy (non-hydrogen) atoms. The first kappa shape index (κ1) is 16.3. The number of hydrogen-bond donors (Lipinski definition) is 1. The average molecular weight is 283 g/mol. The van der Waals surface area contributed by atoms with Crippen LogP contribution < -0.4 is 5.32 Å². The van der Waals surface area contributed by atoms with Crippen LogP contribution in [0.4, 0.5) is 5.69 Å². The number of rotatable bonds is 3. The van der Waals surface area contributed by atoms with Gasteiger partial charge in [-0.15, -0.1) is 0 Å². The Labute approximate surface area is 124 Å². The molecule has 0 unspecified atom stereocenters. The van der Waals surface area contributed by atoms with Gasteiger partial charge in [0.1, 0.15) is 17.7 Å². The van der Waals surface area contributed by atoms with Crippen molar-refractivity contribution in [3.63, 3.8) is 0 Å². The van der Waals surface area contributed by atoms with Gasteiger partial charge >= 0.3 is 5.97 Å². The van der Waals surface area contributed by atoms with Crippen molar-refractivity contribution < 1.29 is 9.53 Å². The molecule has 0 aliphatic heterocycles. The second-order valence-electron chi connectivity index (χ2n) is 5.43. The van der Waals surface area contributed by atoms with Crippen molar-refractivity contribution in [3.8, 4) is 12.1 Å². The number of nitrogens with zero attached hydrogens (tertiary/aromatic N) is 2. The molecule has 5 nitrogen and oxygen atoms in total. The van der Waals surface area contributed by atoms with Crippen molar-refractivity contribution in [3.05, 3.63) is 41.1 Å². The summed E-state index contributed by atoms with van der Waals surface area (Å²) in [6.45, 7) is 6.10. The van der Waals surface area contributed by atoms with Gasteiger partial charge in [0.25, 0.3) is 0 Å². The molecule has 0 aliphatic rings. The number of nitriles is 2. The van der Waals surface area contributed by atoms with Crippen molar-refractivity contribution >= 4 is 11.7 Å². The normalized spacial score (nSPS) is 10.0. The van der Waals surface area contributed by atoms with Gasteiger partial charge in [0.05, 0.1) is 12.7 Å². The Morgan fingerprint density at radius 1 is 1.29 bits per heavy atom. The molecule has 0 fully saturated rings. The van der Waals surface area contributed by atoms with Gasteiger partial charge in [-0.3, -0.25) is 0 Å². The molecule has 0 heterocycles. The van der Waals surface area contributed by atoms with E-state index in [1.807, 2.05) is 26.8 Å². The smallest absolute Gasteiger partial charge is 0.337 e. The van der Waals surface area contributed by atoms with E-state index < -0.39 is 5.97 Å². The molecule has 0 aromatic heterocycles. The van der Waals surface area contributed by atoms with E-state index in [2.05, 4.69) is 5.32 Å². The lowest BCUT2D eigenvalue weighted by molar-refractivity contribution is 0.0600. The van der Waals surface area contributed by atoms with E-state index in [-0.39, 0.29) is 11.0 Å². The number of nitrogens with one attached hydrogen (secondary N) is 1. The number of carbonyl (C=O) groups excluding carboxylic acids is 1. The summed E-state index contributed by atoms with van der Waals surface area (Å²) in [7, 11) is 1.32. The minimum absolute atomic E-state index is 0.0432. The number of ether oxygens (including phenoxy) is 1. The summed E-state index contributed by atoms with van der Waals surface area (Å²) in [6, 6.07) is 8.72. The SMILES string of the molecule is COC(=O)c1ccc(C(C)(C)C)c(NC=C(C#N)C#N)c1. The highest BCUT2D eigenvalue weighted by Gasteiger charge is 2.19. The maximum absolute atomic E-state index is 11.6. The monoisotopic (exact) mass is 283 g/mol. The molecule has 0 aliphatic carbocycles. The molecule has 0 amide bonds. The average Bonchev–Trinajstić information content (AvgIpc) is 2.46. The van der Waals surface area contributed by atoms with Crippen LogP contribution in [0.15, 0.2) is 30.0 Å². The Hall–Kier alpha value is -2.79. The number of anilines is 1. The Morgan fingerprint density at radius 3 is 2.38 bits per heavy atom. The van der Waals surface area contributed by atoms with E-state index in [4.69, 9.17) is 15.3 Å². The second kappa shape index (κ2) is 6.58. The fourth-order valence-electron chi connectivity index (χ4n) is 1.80. The summed E-state index contributed by atoms with van der Waals surface area (Å²) >= 11 is 0. The van der Waals surface area contributed by atoms with Crippen LogP contribution >= 0.6 is 0 Å². The number of carbonyl (C=O) groups is 1. The molecule has 108 valence electrons. The van der Waals surface area contributed by atoms with Crippen molar-refractivity contribution in [2.75, 3.05) is 12.4 Å². The van der Waals surface area contributed by atoms with E-state index in [0.717, 1.165) is 5.56 Å². The van der Waals surface area contributed by atoms with Crippen LogP contribution in [0.5, 0.6) is 0 Å². The van der Waals surface area contributed by atoms with Crippen LogP contribution in [0.2, 0.25) is 0 Å². The first-order valence-electron chi connectivity index (χ1n) is 6.33. The zero-order chi connectivity index (χ0) is 16.0. The maximum Gasteiger partial charge on any atom is 0.337 e. The summed E-state index contributed by atoms with van der Waals surface area (Å²) in [5, 5.41) is 20.4. The van der Waals surface area contributed by atoms with E-state index in [1.54, 1.807) is 24.3 Å². The molecule has 0 spiro atoms. The zero-order valence-corrected chi connectivity index (χ0v) is 12.5. The molecule has 0 radical (unpaired) electrons. The molecule has 0 atom stereocenters. The molecule has 1 aromatic rings. The molecule has 0 bridgehead atoms. The molecule has 0 saturated heterocycles. The van der Waals surface area contributed by atoms with Crippen LogP contribution in [-0.2, 0) is 10.2 Å². The summed E-state index contributed by atoms with van der Waals surface area (Å²) in [5.74, 6) is -0.441. The van der Waals surface area contributed by atoms with Gasteiger partial charge in [-0.1, -0.05) is 26.8 Å². The molecular weight excluding hydrogens is 266 g/mol. The zero-order valence-electron chi connectivity index (χ0n) is 12.5. The van der Waals surface area contributed by atoms with Crippen molar-refractivity contribution in [1.82, 2.24) is 0 Å². The van der Waals surface area contributed by atoms with Gasteiger partial charge in [0.15, 0.2) is 0 Å². The highest BCUT2D eigenvalue weighted by Crippen LogP contribution is 2.30. The largest absolute Gasteiger partial charge is 0.465 e. The standard InChI is InChI=1S/C16H17N3O2/c1-16(2,3)13-6-5-12(15(20)21-4)7-14(13)19-10-11(8-17)9-18/h5-7,10,19H,1-4H3. The predicted molar refractivity (Wildman–Crippen MR) is 79.4 cm³/mol. The third-order valence-corrected chi connectivity index (χ3v) is 2.86. The van der Waals surface area contributed by atoms with Crippen LogP contribution in [-0.4, -0.2) is 13.1 Å². The summed E-state index contributed by atoms with van der Waals surface area (Å²) in [6.07, 6.45) is 1.33. The van der Waals surface area contributed by atoms with Gasteiger partial charge in [-0.05, 0) is 23.1 Å². The van der Waals surface area contributed by atoms with Crippen LogP contribution in [0.25, 0.3) is 0 Å². The Balaban J connectivity index is 3.31. The van der Waals surface area contributed by atoms with Crippen LogP contribution in [0.3, 0.4) is 0 Å². The van der Waals surface area contributed by atoms with Crippen LogP contribution in [0.1, 0.15) is 36.7 Å². The maximum atomic E-state index is 11.6. The molecule has 1 rings (SSSR count). The number of esters is 1. The van der Waals surface area contributed by atoms with E-state index in [0.29, 0.717) is 11.3 Å². The van der Waals surface area contributed by atoms with Crippen molar-refractivity contribution in [2.24, 2.45) is 0 Å². The number of hydrogen-bond acceptors (Lipinski definition) is 5. The Kier molecular flexibility index (Phi) is 5.10. The number of allylic oxidation sites excluding steroid dienone is 1. The van der Waals surface area contributed by atoms with Gasteiger partial charge in [-0.25, -0.2) is 4.79 Å². The van der Waals surface area contributed by atoms with Crippen molar-refractivity contribution in [2.45, 2.75) is 26.2 Å². The lowest BCUT2D eigenvalue weighted by Gasteiger charge is -2.23. The summed E-state index contributed by atoms with van der Waals surface area (Å²) in [4.78, 5) is 11.6. The highest BCUT2D eigenvalue weighted by molar-refractivity contribution is 5.91. The minimum atomic E-state index is -0.441. The van der Waals surface area contributed by atoms with Gasteiger partial charge in [0, 0.05) is 11.9 Å². The predicted octanol–water partition coefficient (Wildman–Crippen LogP) is 3.11. The topological polar surface area (TPSA) is 85.9 Å². The van der Waals surface area contributed by atoms with Crippen molar-refractivity contribution in [1.29, 1.82) is 10.5 Å². The van der Waals surface area contributed by atoms with E-state index in [9.17, 15) is 4.79 Å². The van der Waals surface area contributed by atoms with Gasteiger partial charge < -0.3 is 10.1 Å². The molecular formula is C16H17N3O2. The van der Waals surface area contributed by atoms with Crippen LogP contribution in [0, 0.1) is 22.7 Å². The minimum Gasteiger partial charge on any atom is -0.465 e. The molecule has 1 aromatic carbocycles. The van der Waals surface area contributed by atoms with E-state index in [1.165, 1.54) is 13.3 Å². The number of methoxy groups -OCH3 is 1. The highest BCUT2D eigenvalue weighted by atomic mass is 16.5. The third-order valence-electron chi connectivity index (χ3n) is 2.86. The van der Waals surface area contributed by atoms with E-state index >= 15 is 0 Å². The van der Waals surface area contributed by atoms with Gasteiger partial charge in [0.2, 0.25) is 0 Å².